The first-order chi connectivity index (χ1) is 17.7. The molecule has 0 atom stereocenters. The smallest absolute Gasteiger partial charge is 0.270 e. The molecule has 0 radical (unpaired) electrons. The average Bonchev–Trinajstić information content (AvgIpc) is 3.27. The molecule has 6 nitrogen and oxygen atoms in total. The highest BCUT2D eigenvalue weighted by atomic mass is 19.3. The molecule has 0 N–H and O–H groups in total. The lowest BCUT2D eigenvalue weighted by atomic mass is 10.1. The van der Waals surface area contributed by atoms with Gasteiger partial charge in [0.2, 0.25) is 0 Å². The molecule has 0 unspecified atom stereocenters. The summed E-state index contributed by atoms with van der Waals surface area (Å²) in [7, 11) is 1.60. The summed E-state index contributed by atoms with van der Waals surface area (Å²) >= 11 is 0. The summed E-state index contributed by atoms with van der Waals surface area (Å²) in [6, 6.07) is 15.8. The normalized spacial score (nSPS) is 18.9. The van der Waals surface area contributed by atoms with Gasteiger partial charge in [-0.15, -0.1) is 0 Å². The molecule has 2 saturated heterocycles. The highest BCUT2D eigenvalue weighted by molar-refractivity contribution is 6.00. The van der Waals surface area contributed by atoms with Gasteiger partial charge in [0.25, 0.3) is 11.8 Å². The number of methoxy groups -OCH3 is 1. The minimum Gasteiger partial charge on any atom is -0.497 e. The van der Waals surface area contributed by atoms with Crippen LogP contribution >= 0.6 is 0 Å². The van der Waals surface area contributed by atoms with Crippen molar-refractivity contribution in [1.29, 1.82) is 0 Å². The predicted octanol–water partition coefficient (Wildman–Crippen LogP) is 5.76. The van der Waals surface area contributed by atoms with E-state index in [0.29, 0.717) is 17.5 Å². The molecule has 2 aliphatic rings. The standard InChI is InChI=1S/C29H35F2N3O3/c1-20(2)32-13-9-23(10-14-32)37-25-7-8-26-21(17-25)18-27(28(35)33-15-11-29(30,31)12-16-33)34(26)22-5-4-6-24(19-22)36-3/h4-8,17-20,23H,9-16H2,1-3H3. The third kappa shape index (κ3) is 5.44. The molecule has 0 spiro atoms. The molecule has 0 aliphatic carbocycles. The van der Waals surface area contributed by atoms with Crippen LogP contribution in [0.25, 0.3) is 16.6 Å². The van der Waals surface area contributed by atoms with Gasteiger partial charge in [0.1, 0.15) is 23.3 Å². The van der Waals surface area contributed by atoms with Crippen LogP contribution in [0.1, 0.15) is 50.0 Å². The number of likely N-dealkylation sites (tertiary alicyclic amines) is 2. The van der Waals surface area contributed by atoms with Gasteiger partial charge >= 0.3 is 0 Å². The summed E-state index contributed by atoms with van der Waals surface area (Å²) in [6.45, 7) is 6.55. The van der Waals surface area contributed by atoms with Crippen LogP contribution in [0.3, 0.4) is 0 Å². The van der Waals surface area contributed by atoms with Gasteiger partial charge in [-0.1, -0.05) is 6.07 Å². The molecule has 5 rings (SSSR count). The van der Waals surface area contributed by atoms with Crippen LogP contribution in [0, 0.1) is 0 Å². The van der Waals surface area contributed by atoms with E-state index in [-0.39, 0.29) is 37.9 Å². The first-order valence-electron chi connectivity index (χ1n) is 13.1. The Kier molecular flexibility index (Phi) is 7.12. The van der Waals surface area contributed by atoms with Crippen LogP contribution in [0.5, 0.6) is 11.5 Å². The zero-order valence-electron chi connectivity index (χ0n) is 21.8. The molecule has 3 aromatic rings. The van der Waals surface area contributed by atoms with Crippen molar-refractivity contribution in [3.05, 3.63) is 54.2 Å². The maximum atomic E-state index is 13.8. The maximum absolute atomic E-state index is 13.8. The molecule has 2 fully saturated rings. The summed E-state index contributed by atoms with van der Waals surface area (Å²) in [6.07, 6.45) is 1.48. The molecule has 2 aliphatic heterocycles. The van der Waals surface area contributed by atoms with Crippen molar-refractivity contribution in [3.8, 4) is 17.2 Å². The third-order valence-corrected chi connectivity index (χ3v) is 7.60. The van der Waals surface area contributed by atoms with Crippen LogP contribution in [-0.2, 0) is 0 Å². The van der Waals surface area contributed by atoms with E-state index in [1.165, 1.54) is 4.90 Å². The van der Waals surface area contributed by atoms with E-state index in [0.717, 1.165) is 48.3 Å². The van der Waals surface area contributed by atoms with E-state index >= 15 is 0 Å². The number of hydrogen-bond donors (Lipinski definition) is 0. The van der Waals surface area contributed by atoms with Crippen molar-refractivity contribution in [2.45, 2.75) is 57.6 Å². The summed E-state index contributed by atoms with van der Waals surface area (Å²) in [5.74, 6) is -1.52. The van der Waals surface area contributed by atoms with Crippen molar-refractivity contribution in [1.82, 2.24) is 14.4 Å². The number of ether oxygens (including phenoxy) is 2. The number of hydrogen-bond acceptors (Lipinski definition) is 4. The fourth-order valence-electron chi connectivity index (χ4n) is 5.35. The Morgan fingerprint density at radius 3 is 2.38 bits per heavy atom. The fraction of sp³-hybridized carbons (Fsp3) is 0.483. The van der Waals surface area contributed by atoms with Gasteiger partial charge in [-0.25, -0.2) is 8.78 Å². The van der Waals surface area contributed by atoms with Crippen LogP contribution in [0.15, 0.2) is 48.5 Å². The summed E-state index contributed by atoms with van der Waals surface area (Å²) < 4.78 is 41.2. The van der Waals surface area contributed by atoms with Gasteiger partial charge in [0, 0.05) is 56.5 Å². The molecule has 37 heavy (non-hydrogen) atoms. The van der Waals surface area contributed by atoms with Crippen LogP contribution in [-0.4, -0.2) is 71.6 Å². The minimum atomic E-state index is -2.71. The number of halogens is 2. The number of benzene rings is 2. The fourth-order valence-corrected chi connectivity index (χ4v) is 5.35. The largest absolute Gasteiger partial charge is 0.497 e. The Balaban J connectivity index is 1.47. The van der Waals surface area contributed by atoms with E-state index in [9.17, 15) is 13.6 Å². The second kappa shape index (κ2) is 10.3. The Morgan fingerprint density at radius 2 is 1.70 bits per heavy atom. The highest BCUT2D eigenvalue weighted by Crippen LogP contribution is 2.33. The Hall–Kier alpha value is -3.13. The lowest BCUT2D eigenvalue weighted by Gasteiger charge is -2.34. The Bertz CT molecular complexity index is 1250. The second-order valence-corrected chi connectivity index (χ2v) is 10.4. The number of amides is 1. The zero-order valence-corrected chi connectivity index (χ0v) is 21.8. The molecule has 2 aromatic carbocycles. The number of fused-ring (bicyclic) bond motifs is 1. The van der Waals surface area contributed by atoms with Gasteiger partial charge in [-0.2, -0.15) is 0 Å². The number of carbonyl (C=O) groups is 1. The summed E-state index contributed by atoms with van der Waals surface area (Å²) in [4.78, 5) is 17.6. The van der Waals surface area contributed by atoms with Crippen LogP contribution in [0.4, 0.5) is 8.78 Å². The van der Waals surface area contributed by atoms with Crippen molar-refractivity contribution < 1.29 is 23.0 Å². The monoisotopic (exact) mass is 511 g/mol. The lowest BCUT2D eigenvalue weighted by Crippen LogP contribution is -2.43. The van der Waals surface area contributed by atoms with Gasteiger partial charge in [0.05, 0.1) is 18.3 Å². The lowest BCUT2D eigenvalue weighted by molar-refractivity contribution is -0.0495. The first kappa shape index (κ1) is 25.5. The molecule has 8 heteroatoms. The molecule has 1 aromatic heterocycles. The first-order valence-corrected chi connectivity index (χ1v) is 13.1. The second-order valence-electron chi connectivity index (χ2n) is 10.4. The number of rotatable bonds is 6. The Labute approximate surface area is 216 Å². The molecular weight excluding hydrogens is 476 g/mol. The van der Waals surface area contributed by atoms with Crippen molar-refractivity contribution >= 4 is 16.8 Å². The van der Waals surface area contributed by atoms with E-state index < -0.39 is 5.92 Å². The minimum absolute atomic E-state index is 0.0366. The number of nitrogens with zero attached hydrogens (tertiary/aromatic N) is 3. The van der Waals surface area contributed by atoms with E-state index in [1.807, 2.05) is 53.1 Å². The van der Waals surface area contributed by atoms with Gasteiger partial charge < -0.3 is 23.8 Å². The van der Waals surface area contributed by atoms with Crippen molar-refractivity contribution in [2.75, 3.05) is 33.3 Å². The summed E-state index contributed by atoms with van der Waals surface area (Å²) in [5.41, 5.74) is 2.06. The van der Waals surface area contributed by atoms with Gasteiger partial charge in [0.15, 0.2) is 0 Å². The van der Waals surface area contributed by atoms with Crippen molar-refractivity contribution in [2.24, 2.45) is 0 Å². The van der Waals surface area contributed by atoms with E-state index in [1.54, 1.807) is 7.11 Å². The topological polar surface area (TPSA) is 46.9 Å². The van der Waals surface area contributed by atoms with Gasteiger partial charge in [-0.05, 0) is 63.1 Å². The molecular formula is C29H35F2N3O3. The quantitative estimate of drug-likeness (QED) is 0.422. The number of alkyl halides is 2. The van der Waals surface area contributed by atoms with Crippen LogP contribution < -0.4 is 9.47 Å². The third-order valence-electron chi connectivity index (χ3n) is 7.60. The van der Waals surface area contributed by atoms with E-state index in [2.05, 4.69) is 18.7 Å². The van der Waals surface area contributed by atoms with Gasteiger partial charge in [-0.3, -0.25) is 4.79 Å². The zero-order chi connectivity index (χ0) is 26.2. The molecule has 198 valence electrons. The number of piperidine rings is 2. The Morgan fingerprint density at radius 1 is 0.973 bits per heavy atom. The molecule has 1 amide bonds. The molecule has 0 bridgehead atoms. The average molecular weight is 512 g/mol. The van der Waals surface area contributed by atoms with Crippen LogP contribution in [0.2, 0.25) is 0 Å². The number of aromatic nitrogens is 1. The van der Waals surface area contributed by atoms with Crippen molar-refractivity contribution in [3.63, 3.8) is 0 Å². The predicted molar refractivity (Wildman–Crippen MR) is 140 cm³/mol. The SMILES string of the molecule is COc1cccc(-n2c(C(=O)N3CCC(F)(F)CC3)cc3cc(OC4CCN(C(C)C)CC4)ccc32)c1. The maximum Gasteiger partial charge on any atom is 0.270 e. The molecule has 0 saturated carbocycles. The number of carbonyl (C=O) groups excluding carboxylic acids is 1. The summed E-state index contributed by atoms with van der Waals surface area (Å²) in [5, 5.41) is 0.866. The molecule has 3 heterocycles. The highest BCUT2D eigenvalue weighted by Gasteiger charge is 2.36. The van der Waals surface area contributed by atoms with E-state index in [4.69, 9.17) is 9.47 Å².